The van der Waals surface area contributed by atoms with Gasteiger partial charge in [0, 0.05) is 36.4 Å². The van der Waals surface area contributed by atoms with Crippen molar-refractivity contribution >= 4 is 46.4 Å². The Bertz CT molecular complexity index is 1490. The number of benzene rings is 2. The lowest BCUT2D eigenvalue weighted by Crippen LogP contribution is -2.58. The van der Waals surface area contributed by atoms with Crippen molar-refractivity contribution in [3.05, 3.63) is 71.9 Å². The third kappa shape index (κ3) is 9.94. The first-order valence-electron chi connectivity index (χ1n) is 14.0. The fourth-order valence-corrected chi connectivity index (χ4v) is 4.61. The van der Waals surface area contributed by atoms with Crippen LogP contribution >= 0.6 is 0 Å². The second-order valence-corrected chi connectivity index (χ2v) is 10.4. The molecule has 4 atom stereocenters. The zero-order chi connectivity index (χ0) is 32.2. The molecule has 44 heavy (non-hydrogen) atoms. The maximum Gasteiger partial charge on any atom is 0.326 e. The molecule has 3 rings (SSSR count). The highest BCUT2D eigenvalue weighted by Gasteiger charge is 2.31. The third-order valence-electron chi connectivity index (χ3n) is 6.97. The van der Waals surface area contributed by atoms with Gasteiger partial charge in [0.1, 0.15) is 18.1 Å². The number of H-pyrrole nitrogens is 1. The number of hydrogen-bond donors (Lipinski definition) is 8. The molecular formula is C30H37N7O7. The van der Waals surface area contributed by atoms with Gasteiger partial charge in [-0.2, -0.15) is 0 Å². The summed E-state index contributed by atoms with van der Waals surface area (Å²) >= 11 is 0. The molecule has 4 unspecified atom stereocenters. The van der Waals surface area contributed by atoms with Crippen molar-refractivity contribution in [3.63, 3.8) is 0 Å². The molecule has 0 aliphatic heterocycles. The minimum Gasteiger partial charge on any atom is -0.480 e. The maximum absolute atomic E-state index is 13.5. The van der Waals surface area contributed by atoms with Crippen LogP contribution in [-0.4, -0.2) is 69.8 Å². The molecule has 1 heterocycles. The summed E-state index contributed by atoms with van der Waals surface area (Å²) in [5.41, 5.74) is 19.0. The van der Waals surface area contributed by atoms with Crippen molar-refractivity contribution in [1.82, 2.24) is 20.9 Å². The molecule has 5 amide bonds. The SMILES string of the molecule is NC(=O)CCC(NC(=O)C(CCC(N)=O)NC(=O)C(Cc1ccccc1)NC(=O)C(N)Cc1c[nH]c2ccccc12)C(=O)O. The molecule has 0 aliphatic rings. The summed E-state index contributed by atoms with van der Waals surface area (Å²) in [5, 5.41) is 17.8. The zero-order valence-corrected chi connectivity index (χ0v) is 24.0. The number of carbonyl (C=O) groups excluding carboxylic acids is 5. The Kier molecular flexibility index (Phi) is 12.0. The van der Waals surface area contributed by atoms with E-state index in [1.165, 1.54) is 0 Å². The van der Waals surface area contributed by atoms with E-state index in [2.05, 4.69) is 20.9 Å². The summed E-state index contributed by atoms with van der Waals surface area (Å²) in [6.07, 6.45) is 0.846. The van der Waals surface area contributed by atoms with Crippen LogP contribution in [0.4, 0.5) is 0 Å². The molecule has 0 aliphatic carbocycles. The predicted octanol–water partition coefficient (Wildman–Crippen LogP) is -0.650. The van der Waals surface area contributed by atoms with Gasteiger partial charge in [0.25, 0.3) is 0 Å². The number of nitrogens with one attached hydrogen (secondary N) is 4. The van der Waals surface area contributed by atoms with Gasteiger partial charge in [0.15, 0.2) is 0 Å². The first-order valence-corrected chi connectivity index (χ1v) is 14.0. The van der Waals surface area contributed by atoms with Crippen molar-refractivity contribution in [3.8, 4) is 0 Å². The number of aromatic nitrogens is 1. The van der Waals surface area contributed by atoms with Gasteiger partial charge in [-0.15, -0.1) is 0 Å². The standard InChI is InChI=1S/C30H37N7O7/c31-20(15-18-16-34-21-9-5-4-8-19(18)21)27(40)37-24(14-17-6-2-1-3-7-17)29(42)35-22(10-12-25(32)38)28(41)36-23(30(43)44)11-13-26(33)39/h1-9,16,20,22-24,34H,10-15,31H2,(H2,32,38)(H2,33,39)(H,35,42)(H,36,41)(H,37,40)(H,43,44). The number of fused-ring (bicyclic) bond motifs is 1. The van der Waals surface area contributed by atoms with Crippen LogP contribution in [-0.2, 0) is 41.6 Å². The highest BCUT2D eigenvalue weighted by molar-refractivity contribution is 5.95. The van der Waals surface area contributed by atoms with E-state index in [0.29, 0.717) is 5.56 Å². The number of hydrogen-bond acceptors (Lipinski definition) is 7. The number of aliphatic carboxylic acids is 1. The van der Waals surface area contributed by atoms with E-state index < -0.39 is 59.7 Å². The smallest absolute Gasteiger partial charge is 0.326 e. The van der Waals surface area contributed by atoms with Gasteiger partial charge in [-0.3, -0.25) is 24.0 Å². The van der Waals surface area contributed by atoms with Gasteiger partial charge in [-0.25, -0.2) is 4.79 Å². The second kappa shape index (κ2) is 15.8. The summed E-state index contributed by atoms with van der Waals surface area (Å²) in [4.78, 5) is 77.3. The van der Waals surface area contributed by atoms with Gasteiger partial charge >= 0.3 is 5.97 Å². The third-order valence-corrected chi connectivity index (χ3v) is 6.97. The summed E-state index contributed by atoms with van der Waals surface area (Å²) in [6.45, 7) is 0. The lowest BCUT2D eigenvalue weighted by Gasteiger charge is -2.25. The first-order chi connectivity index (χ1) is 20.9. The van der Waals surface area contributed by atoms with E-state index in [-0.39, 0.29) is 38.5 Å². The van der Waals surface area contributed by atoms with E-state index in [1.54, 1.807) is 36.5 Å². The van der Waals surface area contributed by atoms with Crippen LogP contribution in [0.25, 0.3) is 10.9 Å². The van der Waals surface area contributed by atoms with Crippen molar-refractivity contribution in [1.29, 1.82) is 0 Å². The number of aromatic amines is 1. The maximum atomic E-state index is 13.5. The molecule has 234 valence electrons. The van der Waals surface area contributed by atoms with E-state index in [0.717, 1.165) is 16.5 Å². The van der Waals surface area contributed by atoms with Gasteiger partial charge < -0.3 is 43.2 Å². The number of para-hydroxylation sites is 1. The summed E-state index contributed by atoms with van der Waals surface area (Å²) in [5.74, 6) is -5.23. The Morgan fingerprint density at radius 3 is 1.89 bits per heavy atom. The minimum atomic E-state index is -1.48. The molecule has 1 aromatic heterocycles. The Balaban J connectivity index is 1.78. The van der Waals surface area contributed by atoms with E-state index >= 15 is 0 Å². The lowest BCUT2D eigenvalue weighted by molar-refractivity contribution is -0.142. The number of rotatable bonds is 17. The van der Waals surface area contributed by atoms with Crippen LogP contribution in [0.5, 0.6) is 0 Å². The molecule has 3 aromatic rings. The van der Waals surface area contributed by atoms with Gasteiger partial charge in [0.05, 0.1) is 6.04 Å². The Morgan fingerprint density at radius 2 is 1.25 bits per heavy atom. The van der Waals surface area contributed by atoms with Crippen molar-refractivity contribution in [2.24, 2.45) is 17.2 Å². The summed E-state index contributed by atoms with van der Waals surface area (Å²) < 4.78 is 0. The molecule has 2 aromatic carbocycles. The Morgan fingerprint density at radius 1 is 0.705 bits per heavy atom. The molecule has 14 heteroatoms. The van der Waals surface area contributed by atoms with Crippen molar-refractivity contribution in [2.75, 3.05) is 0 Å². The largest absolute Gasteiger partial charge is 0.480 e. The quantitative estimate of drug-likeness (QED) is 0.0976. The van der Waals surface area contributed by atoms with Crippen LogP contribution in [0.15, 0.2) is 60.8 Å². The Labute approximate surface area is 253 Å². The van der Waals surface area contributed by atoms with Crippen LogP contribution in [0, 0.1) is 0 Å². The Hall–Kier alpha value is -5.24. The second-order valence-electron chi connectivity index (χ2n) is 10.4. The number of nitrogens with two attached hydrogens (primary N) is 3. The van der Waals surface area contributed by atoms with E-state index in [9.17, 15) is 33.9 Å². The van der Waals surface area contributed by atoms with Crippen molar-refractivity contribution < 1.29 is 33.9 Å². The highest BCUT2D eigenvalue weighted by Crippen LogP contribution is 2.19. The molecule has 14 nitrogen and oxygen atoms in total. The molecule has 0 saturated carbocycles. The van der Waals surface area contributed by atoms with Gasteiger partial charge in [-0.05, 0) is 36.5 Å². The molecule has 0 saturated heterocycles. The fourth-order valence-electron chi connectivity index (χ4n) is 4.61. The highest BCUT2D eigenvalue weighted by atomic mass is 16.4. The predicted molar refractivity (Wildman–Crippen MR) is 160 cm³/mol. The van der Waals surface area contributed by atoms with Crippen LogP contribution in [0.3, 0.4) is 0 Å². The molecule has 0 spiro atoms. The normalized spacial score (nSPS) is 13.7. The molecule has 0 bridgehead atoms. The van der Waals surface area contributed by atoms with E-state index in [4.69, 9.17) is 17.2 Å². The monoisotopic (exact) mass is 607 g/mol. The average molecular weight is 608 g/mol. The molecular weight excluding hydrogens is 570 g/mol. The number of carbonyl (C=O) groups is 6. The first kappa shape index (κ1) is 33.3. The van der Waals surface area contributed by atoms with Crippen molar-refractivity contribution in [2.45, 2.75) is 62.7 Å². The van der Waals surface area contributed by atoms with Gasteiger partial charge in [-0.1, -0.05) is 48.5 Å². The summed E-state index contributed by atoms with van der Waals surface area (Å²) in [7, 11) is 0. The van der Waals surface area contributed by atoms with E-state index in [1.807, 2.05) is 24.3 Å². The number of carboxylic acid groups (broad SMARTS) is 1. The zero-order valence-electron chi connectivity index (χ0n) is 24.0. The van der Waals surface area contributed by atoms with Crippen LogP contribution in [0.2, 0.25) is 0 Å². The van der Waals surface area contributed by atoms with Gasteiger partial charge in [0.2, 0.25) is 29.5 Å². The molecule has 0 radical (unpaired) electrons. The number of carboxylic acids is 1. The average Bonchev–Trinajstić information content (AvgIpc) is 3.39. The minimum absolute atomic E-state index is 0.0404. The topological polar surface area (TPSA) is 253 Å². The summed E-state index contributed by atoms with van der Waals surface area (Å²) in [6, 6.07) is 11.3. The number of primary amides is 2. The fraction of sp³-hybridized carbons (Fsp3) is 0.333. The molecule has 0 fully saturated rings. The van der Waals surface area contributed by atoms with Crippen LogP contribution < -0.4 is 33.2 Å². The molecule has 11 N–H and O–H groups in total. The van der Waals surface area contributed by atoms with Crippen LogP contribution in [0.1, 0.15) is 36.8 Å². The number of amides is 5. The lowest BCUT2D eigenvalue weighted by atomic mass is 10.0.